The lowest BCUT2D eigenvalue weighted by molar-refractivity contribution is -0.122. The van der Waals surface area contributed by atoms with E-state index in [1.165, 1.54) is 13.2 Å². The van der Waals surface area contributed by atoms with Gasteiger partial charge in [0.2, 0.25) is 5.91 Å². The van der Waals surface area contributed by atoms with Gasteiger partial charge in [-0.25, -0.2) is 4.79 Å². The maximum absolute atomic E-state index is 11.4. The largest absolute Gasteiger partial charge is 0.460 e. The van der Waals surface area contributed by atoms with Crippen LogP contribution in [0.15, 0.2) is 24.5 Å². The van der Waals surface area contributed by atoms with Gasteiger partial charge in [-0.15, -0.1) is 0 Å². The Hall–Kier alpha value is -1.95. The predicted molar refractivity (Wildman–Crippen MR) is 56.6 cm³/mol. The highest BCUT2D eigenvalue weighted by molar-refractivity contribution is 5.89. The van der Waals surface area contributed by atoms with Crippen molar-refractivity contribution in [2.24, 2.45) is 5.73 Å². The van der Waals surface area contributed by atoms with Crippen LogP contribution in [0.5, 0.6) is 0 Å². The van der Waals surface area contributed by atoms with Crippen LogP contribution >= 0.6 is 0 Å². The van der Waals surface area contributed by atoms with Crippen LogP contribution in [-0.2, 0) is 9.53 Å². The highest BCUT2D eigenvalue weighted by Crippen LogP contribution is 1.99. The molecule has 1 aromatic heterocycles. The fourth-order valence-electron chi connectivity index (χ4n) is 0.993. The number of nitrogens with two attached hydrogens (primary N) is 1. The molecule has 0 spiro atoms. The van der Waals surface area contributed by atoms with Crippen LogP contribution in [0.3, 0.4) is 0 Å². The Balaban J connectivity index is 2.45. The number of carbonyl (C=O) groups is 2. The monoisotopic (exact) mass is 223 g/mol. The van der Waals surface area contributed by atoms with Gasteiger partial charge >= 0.3 is 5.97 Å². The maximum atomic E-state index is 11.4. The summed E-state index contributed by atoms with van der Waals surface area (Å²) in [4.78, 5) is 26.2. The lowest BCUT2D eigenvalue weighted by atomic mass is 10.3. The van der Waals surface area contributed by atoms with Gasteiger partial charge in [-0.3, -0.25) is 9.78 Å². The van der Waals surface area contributed by atoms with E-state index in [-0.39, 0.29) is 12.5 Å². The first-order chi connectivity index (χ1) is 7.65. The van der Waals surface area contributed by atoms with Crippen molar-refractivity contribution in [2.75, 3.05) is 13.7 Å². The Kier molecular flexibility index (Phi) is 4.41. The van der Waals surface area contributed by atoms with Crippen molar-refractivity contribution < 1.29 is 14.3 Å². The van der Waals surface area contributed by atoms with Gasteiger partial charge in [0.15, 0.2) is 0 Å². The number of pyridine rings is 1. The van der Waals surface area contributed by atoms with Gasteiger partial charge in [0, 0.05) is 19.4 Å². The summed E-state index contributed by atoms with van der Waals surface area (Å²) in [5, 5.41) is 2.36. The molecule has 16 heavy (non-hydrogen) atoms. The van der Waals surface area contributed by atoms with Crippen molar-refractivity contribution in [3.8, 4) is 0 Å². The van der Waals surface area contributed by atoms with Gasteiger partial charge in [-0.05, 0) is 12.1 Å². The predicted octanol–water partition coefficient (Wildman–Crippen LogP) is -0.688. The Morgan fingerprint density at radius 3 is 2.94 bits per heavy atom. The second kappa shape index (κ2) is 5.82. The highest BCUT2D eigenvalue weighted by atomic mass is 16.5. The molecule has 1 rings (SSSR count). The molecule has 0 aliphatic heterocycles. The number of esters is 1. The zero-order valence-electron chi connectivity index (χ0n) is 8.84. The van der Waals surface area contributed by atoms with E-state index >= 15 is 0 Å². The average Bonchev–Trinajstić information content (AvgIpc) is 2.35. The minimum Gasteiger partial charge on any atom is -0.460 e. The van der Waals surface area contributed by atoms with Crippen LogP contribution in [0.2, 0.25) is 0 Å². The molecule has 1 unspecified atom stereocenters. The molecule has 0 saturated heterocycles. The lowest BCUT2D eigenvalue weighted by Crippen LogP contribution is -2.42. The summed E-state index contributed by atoms with van der Waals surface area (Å²) in [7, 11) is 1.46. The summed E-state index contributed by atoms with van der Waals surface area (Å²) in [6.45, 7) is -0.159. The van der Waals surface area contributed by atoms with Crippen LogP contribution in [0.4, 0.5) is 0 Å². The molecule has 6 heteroatoms. The Labute approximate surface area is 92.8 Å². The van der Waals surface area contributed by atoms with Gasteiger partial charge in [-0.1, -0.05) is 0 Å². The number of amides is 1. The minimum absolute atomic E-state index is 0.159. The average molecular weight is 223 g/mol. The van der Waals surface area contributed by atoms with Crippen LogP contribution in [0, 0.1) is 0 Å². The number of rotatable bonds is 4. The summed E-state index contributed by atoms with van der Waals surface area (Å²) in [6, 6.07) is 2.33. The zero-order chi connectivity index (χ0) is 12.0. The van der Waals surface area contributed by atoms with Crippen LogP contribution in [-0.4, -0.2) is 36.6 Å². The molecule has 6 nitrogen and oxygen atoms in total. The fourth-order valence-corrected chi connectivity index (χ4v) is 0.993. The molecule has 1 amide bonds. The van der Waals surface area contributed by atoms with Crippen molar-refractivity contribution in [2.45, 2.75) is 6.04 Å². The Morgan fingerprint density at radius 2 is 2.38 bits per heavy atom. The van der Waals surface area contributed by atoms with Crippen molar-refractivity contribution in [3.05, 3.63) is 30.1 Å². The normalized spacial score (nSPS) is 11.6. The summed E-state index contributed by atoms with van der Waals surface area (Å²) in [6.07, 6.45) is 2.93. The Bertz CT molecular complexity index is 367. The number of carbonyl (C=O) groups excluding carboxylic acids is 2. The topological polar surface area (TPSA) is 94.3 Å². The summed E-state index contributed by atoms with van der Waals surface area (Å²) >= 11 is 0. The smallest absolute Gasteiger partial charge is 0.339 e. The standard InChI is InChI=1S/C10H13N3O3/c1-12-9(14)8(11)6-16-10(15)7-3-2-4-13-5-7/h2-5,8H,6,11H2,1H3,(H,12,14). The second-order valence-corrected chi connectivity index (χ2v) is 3.06. The molecule has 1 atom stereocenters. The van der Waals surface area contributed by atoms with E-state index in [9.17, 15) is 9.59 Å². The lowest BCUT2D eigenvalue weighted by Gasteiger charge is -2.10. The van der Waals surface area contributed by atoms with Crippen molar-refractivity contribution >= 4 is 11.9 Å². The van der Waals surface area contributed by atoms with Gasteiger partial charge in [-0.2, -0.15) is 0 Å². The molecule has 0 saturated carbocycles. The number of nitrogens with one attached hydrogen (secondary N) is 1. The van der Waals surface area contributed by atoms with Gasteiger partial charge in [0.1, 0.15) is 12.6 Å². The molecule has 0 radical (unpaired) electrons. The van der Waals surface area contributed by atoms with Gasteiger partial charge < -0.3 is 15.8 Å². The first-order valence-electron chi connectivity index (χ1n) is 4.69. The third kappa shape index (κ3) is 3.32. The van der Waals surface area contributed by atoms with Crippen molar-refractivity contribution in [1.82, 2.24) is 10.3 Å². The maximum Gasteiger partial charge on any atom is 0.339 e. The highest BCUT2D eigenvalue weighted by Gasteiger charge is 2.15. The zero-order valence-corrected chi connectivity index (χ0v) is 8.84. The molecule has 1 aromatic rings. The van der Waals surface area contributed by atoms with E-state index < -0.39 is 12.0 Å². The number of hydrogen-bond donors (Lipinski definition) is 2. The summed E-state index contributed by atoms with van der Waals surface area (Å²) in [5.41, 5.74) is 5.77. The number of aromatic nitrogens is 1. The van der Waals surface area contributed by atoms with E-state index in [0.717, 1.165) is 0 Å². The Morgan fingerprint density at radius 1 is 1.62 bits per heavy atom. The molecule has 0 aliphatic rings. The molecule has 86 valence electrons. The second-order valence-electron chi connectivity index (χ2n) is 3.06. The molecule has 1 heterocycles. The van der Waals surface area contributed by atoms with E-state index in [0.29, 0.717) is 5.56 Å². The third-order valence-electron chi connectivity index (χ3n) is 1.87. The van der Waals surface area contributed by atoms with E-state index in [4.69, 9.17) is 10.5 Å². The number of nitrogens with zero attached hydrogens (tertiary/aromatic N) is 1. The minimum atomic E-state index is -0.856. The summed E-state index contributed by atoms with van der Waals surface area (Å²) < 4.78 is 4.85. The van der Waals surface area contributed by atoms with Crippen LogP contribution in [0.1, 0.15) is 10.4 Å². The molecule has 0 aliphatic carbocycles. The molecule has 0 aromatic carbocycles. The quantitative estimate of drug-likeness (QED) is 0.659. The van der Waals surface area contributed by atoms with Crippen molar-refractivity contribution in [3.63, 3.8) is 0 Å². The number of ether oxygens (including phenoxy) is 1. The number of likely N-dealkylation sites (N-methyl/N-ethyl adjacent to an activating group) is 1. The summed E-state index contributed by atoms with van der Waals surface area (Å²) in [5.74, 6) is -0.925. The number of hydrogen-bond acceptors (Lipinski definition) is 5. The van der Waals surface area contributed by atoms with Crippen LogP contribution < -0.4 is 11.1 Å². The van der Waals surface area contributed by atoms with E-state index in [1.54, 1.807) is 18.3 Å². The van der Waals surface area contributed by atoms with Crippen LogP contribution in [0.25, 0.3) is 0 Å². The third-order valence-corrected chi connectivity index (χ3v) is 1.87. The molecular formula is C10H13N3O3. The van der Waals surface area contributed by atoms with Crippen molar-refractivity contribution in [1.29, 1.82) is 0 Å². The molecular weight excluding hydrogens is 210 g/mol. The SMILES string of the molecule is CNC(=O)C(N)COC(=O)c1cccnc1. The first kappa shape index (κ1) is 12.1. The van der Waals surface area contributed by atoms with Gasteiger partial charge in [0.25, 0.3) is 0 Å². The van der Waals surface area contributed by atoms with E-state index in [2.05, 4.69) is 10.3 Å². The molecule has 3 N–H and O–H groups in total. The van der Waals surface area contributed by atoms with E-state index in [1.807, 2.05) is 0 Å². The molecule has 0 fully saturated rings. The fraction of sp³-hybridized carbons (Fsp3) is 0.300. The first-order valence-corrected chi connectivity index (χ1v) is 4.69. The van der Waals surface area contributed by atoms with Gasteiger partial charge in [0.05, 0.1) is 5.56 Å². The molecule has 0 bridgehead atoms.